The molecule has 0 radical (unpaired) electrons. The van der Waals surface area contributed by atoms with Crippen molar-refractivity contribution in [2.75, 3.05) is 26.2 Å². The number of nitrogens with one attached hydrogen (secondary N) is 3. The number of fused-ring (bicyclic) bond motifs is 1. The number of hydrogen-bond donors (Lipinski definition) is 4. The van der Waals surface area contributed by atoms with Crippen molar-refractivity contribution < 1.29 is 14.7 Å². The van der Waals surface area contributed by atoms with Gasteiger partial charge in [-0.25, -0.2) is 0 Å². The van der Waals surface area contributed by atoms with Crippen molar-refractivity contribution in [1.82, 2.24) is 20.6 Å². The predicted octanol–water partition coefficient (Wildman–Crippen LogP) is 1.90. The Balaban J connectivity index is 1.49. The first-order valence-corrected chi connectivity index (χ1v) is 11.1. The van der Waals surface area contributed by atoms with Crippen LogP contribution in [0.25, 0.3) is 6.08 Å². The topological polar surface area (TPSA) is 122 Å². The van der Waals surface area contributed by atoms with Crippen LogP contribution < -0.4 is 10.6 Å². The number of carbonyl (C=O) groups excluding carboxylic acids is 2. The standard InChI is InChI=1S/C21H25BrN6O3/c1-11-18(8-16-15-7-13(22)3-4-17(15)26-20(16)30)25-12(2)19(11)21(31)23-9-14(29)10-28-6-5-24-27-28/h4,7-8,13-14,25,29H,3,5-6,9-10H2,1-2H3,(H,23,31)(H,26,30). The number of aromatic amines is 1. The zero-order valence-electron chi connectivity index (χ0n) is 17.4. The largest absolute Gasteiger partial charge is 0.389 e. The fourth-order valence-corrected chi connectivity index (χ4v) is 4.42. The number of aryl methyl sites for hydroxylation is 1. The van der Waals surface area contributed by atoms with Crippen molar-refractivity contribution in [3.63, 3.8) is 0 Å². The van der Waals surface area contributed by atoms with Gasteiger partial charge in [-0.1, -0.05) is 33.3 Å². The summed E-state index contributed by atoms with van der Waals surface area (Å²) in [5.74, 6) is -0.425. The van der Waals surface area contributed by atoms with E-state index >= 15 is 0 Å². The van der Waals surface area contributed by atoms with E-state index < -0.39 is 6.10 Å². The fourth-order valence-electron chi connectivity index (χ4n) is 3.96. The van der Waals surface area contributed by atoms with Gasteiger partial charge in [0, 0.05) is 34.0 Å². The number of H-pyrrole nitrogens is 1. The molecule has 1 aromatic heterocycles. The quantitative estimate of drug-likeness (QED) is 0.360. The highest BCUT2D eigenvalue weighted by Gasteiger charge is 2.30. The van der Waals surface area contributed by atoms with Gasteiger partial charge in [0.1, 0.15) is 0 Å². The SMILES string of the molecule is Cc1[nH]c(C=C2C(=O)NC3=CCC(Br)C=C32)c(C)c1C(=O)NCC(O)CN1CCN=N1. The molecule has 9 nitrogen and oxygen atoms in total. The molecule has 10 heteroatoms. The second kappa shape index (κ2) is 8.80. The third-order valence-electron chi connectivity index (χ3n) is 5.53. The molecule has 2 amide bonds. The van der Waals surface area contributed by atoms with Gasteiger partial charge in [-0.3, -0.25) is 14.6 Å². The van der Waals surface area contributed by atoms with Crippen LogP contribution in [0.4, 0.5) is 0 Å². The van der Waals surface area contributed by atoms with Crippen LogP contribution in [-0.4, -0.2) is 64.0 Å². The van der Waals surface area contributed by atoms with Crippen molar-refractivity contribution >= 4 is 33.8 Å². The molecule has 0 bridgehead atoms. The van der Waals surface area contributed by atoms with Crippen LogP contribution in [0.2, 0.25) is 0 Å². The van der Waals surface area contributed by atoms with E-state index in [0.29, 0.717) is 42.2 Å². The minimum Gasteiger partial charge on any atom is -0.389 e. The second-order valence-electron chi connectivity index (χ2n) is 7.86. The van der Waals surface area contributed by atoms with E-state index in [2.05, 4.69) is 41.9 Å². The fraction of sp³-hybridized carbons (Fsp3) is 0.429. The summed E-state index contributed by atoms with van der Waals surface area (Å²) in [5.41, 5.74) is 4.96. The van der Waals surface area contributed by atoms with Gasteiger partial charge in [-0.15, -0.1) is 0 Å². The molecule has 1 saturated heterocycles. The number of rotatable bonds is 6. The summed E-state index contributed by atoms with van der Waals surface area (Å²) in [6.07, 6.45) is 5.90. The lowest BCUT2D eigenvalue weighted by atomic mass is 9.98. The molecule has 1 aliphatic carbocycles. The Bertz CT molecular complexity index is 1040. The smallest absolute Gasteiger partial charge is 0.256 e. The van der Waals surface area contributed by atoms with Crippen LogP contribution >= 0.6 is 15.9 Å². The first kappa shape index (κ1) is 21.5. The summed E-state index contributed by atoms with van der Waals surface area (Å²) in [5, 5.41) is 25.3. The third-order valence-corrected chi connectivity index (χ3v) is 6.17. The zero-order valence-corrected chi connectivity index (χ0v) is 19.0. The van der Waals surface area contributed by atoms with Crippen LogP contribution in [-0.2, 0) is 4.79 Å². The molecular formula is C21H25BrN6O3. The number of hydrogen-bond acceptors (Lipinski definition) is 6. The van der Waals surface area contributed by atoms with Crippen molar-refractivity contribution in [3.8, 4) is 0 Å². The minimum absolute atomic E-state index is 0.113. The molecule has 4 N–H and O–H groups in total. The van der Waals surface area contributed by atoms with Crippen molar-refractivity contribution in [2.45, 2.75) is 31.2 Å². The molecule has 2 atom stereocenters. The molecule has 164 valence electrons. The highest BCUT2D eigenvalue weighted by Crippen LogP contribution is 2.33. The molecule has 0 spiro atoms. The van der Waals surface area contributed by atoms with E-state index in [1.165, 1.54) is 0 Å². The van der Waals surface area contributed by atoms with Crippen molar-refractivity contribution in [1.29, 1.82) is 0 Å². The van der Waals surface area contributed by atoms with E-state index in [0.717, 1.165) is 23.3 Å². The Morgan fingerprint density at radius 1 is 1.48 bits per heavy atom. The summed E-state index contributed by atoms with van der Waals surface area (Å²) in [4.78, 5) is 28.7. The molecule has 1 fully saturated rings. The Labute approximate surface area is 188 Å². The first-order chi connectivity index (χ1) is 14.8. The maximum atomic E-state index is 12.8. The second-order valence-corrected chi connectivity index (χ2v) is 9.03. The van der Waals surface area contributed by atoms with Gasteiger partial charge in [0.2, 0.25) is 0 Å². The van der Waals surface area contributed by atoms with Gasteiger partial charge >= 0.3 is 0 Å². The lowest BCUT2D eigenvalue weighted by Crippen LogP contribution is -2.38. The van der Waals surface area contributed by atoms with Crippen LogP contribution in [0.1, 0.15) is 33.7 Å². The highest BCUT2D eigenvalue weighted by atomic mass is 79.9. The van der Waals surface area contributed by atoms with Gasteiger partial charge < -0.3 is 20.7 Å². The normalized spacial score (nSPS) is 22.3. The van der Waals surface area contributed by atoms with Crippen molar-refractivity contribution in [2.24, 2.45) is 10.3 Å². The van der Waals surface area contributed by atoms with Crippen LogP contribution in [0.15, 0.2) is 39.3 Å². The summed E-state index contributed by atoms with van der Waals surface area (Å²) in [6.45, 7) is 5.40. The summed E-state index contributed by atoms with van der Waals surface area (Å²) in [6, 6.07) is 0. The van der Waals surface area contributed by atoms with Gasteiger partial charge in [0.25, 0.3) is 11.8 Å². The molecule has 2 unspecified atom stereocenters. The molecule has 1 aromatic rings. The molecule has 0 aromatic carbocycles. The van der Waals surface area contributed by atoms with Gasteiger partial charge in [0.05, 0.1) is 36.9 Å². The number of halogens is 1. The highest BCUT2D eigenvalue weighted by molar-refractivity contribution is 9.09. The first-order valence-electron chi connectivity index (χ1n) is 10.2. The maximum absolute atomic E-state index is 12.8. The number of aliphatic hydroxyl groups is 1. The maximum Gasteiger partial charge on any atom is 0.256 e. The molecule has 3 aliphatic rings. The Morgan fingerprint density at radius 3 is 3.03 bits per heavy atom. The number of allylic oxidation sites excluding steroid dienone is 3. The number of aliphatic hydroxyl groups excluding tert-OH is 1. The van der Waals surface area contributed by atoms with E-state index in [-0.39, 0.29) is 23.2 Å². The average molecular weight is 489 g/mol. The summed E-state index contributed by atoms with van der Waals surface area (Å²) in [7, 11) is 0. The van der Waals surface area contributed by atoms with E-state index in [1.807, 2.05) is 26.0 Å². The van der Waals surface area contributed by atoms with Gasteiger partial charge in [0.15, 0.2) is 0 Å². The number of alkyl halides is 1. The monoisotopic (exact) mass is 488 g/mol. The summed E-state index contributed by atoms with van der Waals surface area (Å²) >= 11 is 3.58. The third kappa shape index (κ3) is 4.49. The van der Waals surface area contributed by atoms with Gasteiger partial charge in [-0.05, 0) is 31.9 Å². The number of amides is 2. The average Bonchev–Trinajstić information content (AvgIpc) is 3.40. The van der Waals surface area contributed by atoms with Gasteiger partial charge in [-0.2, -0.15) is 5.11 Å². The van der Waals surface area contributed by atoms with E-state index in [9.17, 15) is 14.7 Å². The number of nitrogens with zero attached hydrogens (tertiary/aromatic N) is 3. The van der Waals surface area contributed by atoms with Crippen LogP contribution in [0.5, 0.6) is 0 Å². The Kier molecular flexibility index (Phi) is 6.10. The van der Waals surface area contributed by atoms with Crippen LogP contribution in [0, 0.1) is 13.8 Å². The Hall–Kier alpha value is -2.72. The molecule has 4 rings (SSSR count). The summed E-state index contributed by atoms with van der Waals surface area (Å²) < 4.78 is 0. The number of carbonyl (C=O) groups is 2. The molecular weight excluding hydrogens is 464 g/mol. The molecule has 3 heterocycles. The lowest BCUT2D eigenvalue weighted by molar-refractivity contribution is -0.115. The Morgan fingerprint density at radius 2 is 2.29 bits per heavy atom. The van der Waals surface area contributed by atoms with E-state index in [4.69, 9.17) is 0 Å². The molecule has 31 heavy (non-hydrogen) atoms. The molecule has 0 saturated carbocycles. The zero-order chi connectivity index (χ0) is 22.1. The minimum atomic E-state index is -0.745. The predicted molar refractivity (Wildman–Crippen MR) is 120 cm³/mol. The number of aromatic nitrogens is 1. The lowest BCUT2D eigenvalue weighted by Gasteiger charge is -2.17. The van der Waals surface area contributed by atoms with Crippen molar-refractivity contribution in [3.05, 3.63) is 51.5 Å². The van der Waals surface area contributed by atoms with E-state index in [1.54, 1.807) is 11.1 Å². The van der Waals surface area contributed by atoms with Crippen LogP contribution in [0.3, 0.4) is 0 Å². The number of β-amino-alcohol motifs (C(OH)–C–C–N with tert-alkyl or cyclic N) is 1. The molecule has 2 aliphatic heterocycles.